The van der Waals surface area contributed by atoms with Crippen molar-refractivity contribution in [3.8, 4) is 0 Å². The Kier molecular flexibility index (Phi) is 22.2. The molecule has 8 heteroatoms. The molecule has 0 saturated carbocycles. The summed E-state index contributed by atoms with van der Waals surface area (Å²) in [5, 5.41) is 1.01. The number of benzene rings is 3. The van der Waals surface area contributed by atoms with E-state index in [1.807, 2.05) is 147 Å². The Balaban J connectivity index is 0.000000413. The largest absolute Gasteiger partial charge is 0.309 e. The summed E-state index contributed by atoms with van der Waals surface area (Å²) in [7, 11) is 11.9. The molecule has 0 heterocycles. The number of nitrogens with zero attached hydrogens (tertiary/aromatic N) is 3. The van der Waals surface area contributed by atoms with Gasteiger partial charge in [-0.2, -0.15) is 0 Å². The molecule has 0 aliphatic heterocycles. The van der Waals surface area contributed by atoms with Gasteiger partial charge in [-0.3, -0.25) is 14.4 Å². The fourth-order valence-corrected chi connectivity index (χ4v) is 6.35. The standard InChI is InChI=1S/2C16H23NO.C15H19Cl2NO/c1-12-6-8-15(9-7-12)10-13(2)16(18)14(3)11-17(4)5;1-12-7-6-8-15(9-12)10-13(2)16(18)14(3)11-17(4)5;1-10(15(19)11(2)9-18(3)4)7-12-5-6-13(16)14(17)8-12/h2*6-10,14H,11H2,1-5H3;5-8,11H,9H2,1-4H3. The van der Waals surface area contributed by atoms with Crippen LogP contribution in [0.15, 0.2) is 83.4 Å². The fraction of sp³-hybridized carbons (Fsp3) is 0.426. The number of Topliss-reactive ketones (excluding diaryl/α,β-unsaturated/α-hetero) is 3. The van der Waals surface area contributed by atoms with Crippen molar-refractivity contribution >= 4 is 58.8 Å². The van der Waals surface area contributed by atoms with Crippen molar-refractivity contribution in [2.24, 2.45) is 17.8 Å². The molecule has 0 aromatic heterocycles. The van der Waals surface area contributed by atoms with Gasteiger partial charge in [0, 0.05) is 37.4 Å². The maximum atomic E-state index is 12.2. The van der Waals surface area contributed by atoms with Crippen LogP contribution in [0, 0.1) is 31.6 Å². The van der Waals surface area contributed by atoms with Crippen LogP contribution in [0.3, 0.4) is 0 Å². The molecule has 0 aliphatic carbocycles. The van der Waals surface area contributed by atoms with Gasteiger partial charge in [-0.15, -0.1) is 0 Å². The predicted molar refractivity (Wildman–Crippen MR) is 238 cm³/mol. The normalized spacial score (nSPS) is 13.8. The Labute approximate surface area is 342 Å². The average molecular weight is 791 g/mol. The lowest BCUT2D eigenvalue weighted by Crippen LogP contribution is -2.26. The van der Waals surface area contributed by atoms with Crippen LogP contribution in [0.2, 0.25) is 10.0 Å². The van der Waals surface area contributed by atoms with Crippen molar-refractivity contribution in [1.29, 1.82) is 0 Å². The summed E-state index contributed by atoms with van der Waals surface area (Å²) in [6, 6.07) is 21.7. The lowest BCUT2D eigenvalue weighted by atomic mass is 9.98. The second kappa shape index (κ2) is 24.8. The predicted octanol–water partition coefficient (Wildman–Crippen LogP) is 10.5. The minimum Gasteiger partial charge on any atom is -0.309 e. The van der Waals surface area contributed by atoms with E-state index in [1.54, 1.807) is 12.1 Å². The smallest absolute Gasteiger partial charge is 0.162 e. The number of allylic oxidation sites excluding steroid dienone is 3. The van der Waals surface area contributed by atoms with Gasteiger partial charge in [0.1, 0.15) is 0 Å². The SMILES string of the molecule is CC(=Cc1ccc(C)cc1)C(=O)C(C)CN(C)C.CC(=Cc1ccc(Cl)c(Cl)c1)C(=O)C(C)CN(C)C.CC(=Cc1cccc(C)c1)C(=O)C(C)CN(C)C. The summed E-state index contributed by atoms with van der Waals surface area (Å²) in [6.07, 6.45) is 5.78. The minimum atomic E-state index is -0.0194. The number of aryl methyl sites for hydroxylation is 2. The van der Waals surface area contributed by atoms with E-state index in [0.717, 1.165) is 53.0 Å². The van der Waals surface area contributed by atoms with Crippen LogP contribution in [-0.2, 0) is 14.4 Å². The summed E-state index contributed by atoms with van der Waals surface area (Å²) >= 11 is 11.8. The third kappa shape index (κ3) is 19.7. The summed E-state index contributed by atoms with van der Waals surface area (Å²) in [5.74, 6) is 0.672. The second-order valence-electron chi connectivity index (χ2n) is 15.6. The maximum absolute atomic E-state index is 12.2. The molecular weight excluding hydrogens is 725 g/mol. The second-order valence-corrected chi connectivity index (χ2v) is 16.4. The number of rotatable bonds is 15. The van der Waals surface area contributed by atoms with E-state index in [9.17, 15) is 14.4 Å². The molecule has 3 aromatic rings. The van der Waals surface area contributed by atoms with Gasteiger partial charge in [0.25, 0.3) is 0 Å². The van der Waals surface area contributed by atoms with Gasteiger partial charge >= 0.3 is 0 Å². The van der Waals surface area contributed by atoms with E-state index in [1.165, 1.54) is 11.1 Å². The highest BCUT2D eigenvalue weighted by atomic mass is 35.5. The van der Waals surface area contributed by atoms with Gasteiger partial charge < -0.3 is 14.7 Å². The Bertz CT molecular complexity index is 1790. The van der Waals surface area contributed by atoms with Gasteiger partial charge in [-0.05, 0) is 141 Å². The monoisotopic (exact) mass is 789 g/mol. The Morgan fingerprint density at radius 3 is 1.24 bits per heavy atom. The number of carbonyl (C=O) groups is 3. The van der Waals surface area contributed by atoms with Crippen molar-refractivity contribution in [1.82, 2.24) is 14.7 Å². The molecule has 0 saturated heterocycles. The Hall–Kier alpha value is -3.65. The first kappa shape index (κ1) is 49.4. The van der Waals surface area contributed by atoms with E-state index in [2.05, 4.69) is 38.1 Å². The summed E-state index contributed by atoms with van der Waals surface area (Å²) < 4.78 is 0. The van der Waals surface area contributed by atoms with Crippen LogP contribution < -0.4 is 0 Å². The van der Waals surface area contributed by atoms with Gasteiger partial charge in [0.2, 0.25) is 0 Å². The zero-order chi connectivity index (χ0) is 42.0. The summed E-state index contributed by atoms with van der Waals surface area (Å²) in [4.78, 5) is 42.6. The quantitative estimate of drug-likeness (QED) is 0.143. The van der Waals surface area contributed by atoms with Crippen LogP contribution >= 0.6 is 23.2 Å². The number of ketones is 3. The zero-order valence-electron chi connectivity index (χ0n) is 35.8. The van der Waals surface area contributed by atoms with Crippen molar-refractivity contribution in [3.63, 3.8) is 0 Å². The van der Waals surface area contributed by atoms with Crippen molar-refractivity contribution in [2.45, 2.75) is 55.4 Å². The highest BCUT2D eigenvalue weighted by Crippen LogP contribution is 2.24. The molecule has 0 aliphatic rings. The van der Waals surface area contributed by atoms with Crippen LogP contribution in [0.5, 0.6) is 0 Å². The number of hydrogen-bond acceptors (Lipinski definition) is 6. The molecule has 3 atom stereocenters. The fourth-order valence-electron chi connectivity index (χ4n) is 6.05. The highest BCUT2D eigenvalue weighted by molar-refractivity contribution is 6.42. The lowest BCUT2D eigenvalue weighted by Gasteiger charge is -2.16. The molecule has 3 aromatic carbocycles. The molecule has 0 bridgehead atoms. The average Bonchev–Trinajstić information content (AvgIpc) is 3.09. The number of hydrogen-bond donors (Lipinski definition) is 0. The van der Waals surface area contributed by atoms with E-state index >= 15 is 0 Å². The highest BCUT2D eigenvalue weighted by Gasteiger charge is 2.17. The van der Waals surface area contributed by atoms with E-state index in [4.69, 9.17) is 23.2 Å². The molecule has 300 valence electrons. The molecule has 3 rings (SSSR count). The van der Waals surface area contributed by atoms with E-state index < -0.39 is 0 Å². The van der Waals surface area contributed by atoms with E-state index in [-0.39, 0.29) is 35.1 Å². The molecule has 6 nitrogen and oxygen atoms in total. The molecular formula is C47H65Cl2N3O3. The van der Waals surface area contributed by atoms with Crippen LogP contribution in [0.4, 0.5) is 0 Å². The van der Waals surface area contributed by atoms with Crippen molar-refractivity contribution < 1.29 is 14.4 Å². The molecule has 0 spiro atoms. The van der Waals surface area contributed by atoms with Gasteiger partial charge in [0.15, 0.2) is 17.3 Å². The van der Waals surface area contributed by atoms with Crippen molar-refractivity contribution in [2.75, 3.05) is 61.9 Å². The van der Waals surface area contributed by atoms with Crippen LogP contribution in [0.25, 0.3) is 18.2 Å². The molecule has 0 N–H and O–H groups in total. The topological polar surface area (TPSA) is 60.9 Å². The Morgan fingerprint density at radius 2 is 0.873 bits per heavy atom. The Morgan fingerprint density at radius 1 is 0.509 bits per heavy atom. The van der Waals surface area contributed by atoms with Gasteiger partial charge in [-0.1, -0.05) is 110 Å². The summed E-state index contributed by atoms with van der Waals surface area (Å²) in [5.41, 5.74) is 7.90. The number of carbonyl (C=O) groups excluding carboxylic acids is 3. The third-order valence-corrected chi connectivity index (χ3v) is 9.38. The van der Waals surface area contributed by atoms with Crippen LogP contribution in [-0.4, -0.2) is 94.0 Å². The first-order chi connectivity index (χ1) is 25.6. The first-order valence-corrected chi connectivity index (χ1v) is 19.6. The van der Waals surface area contributed by atoms with Crippen LogP contribution in [0.1, 0.15) is 69.4 Å². The molecule has 0 amide bonds. The molecule has 55 heavy (non-hydrogen) atoms. The van der Waals surface area contributed by atoms with Crippen molar-refractivity contribution in [3.05, 3.63) is 121 Å². The molecule has 0 radical (unpaired) electrons. The molecule has 3 unspecified atom stereocenters. The zero-order valence-corrected chi connectivity index (χ0v) is 37.3. The van der Waals surface area contributed by atoms with Gasteiger partial charge in [0.05, 0.1) is 10.0 Å². The molecule has 0 fully saturated rings. The van der Waals surface area contributed by atoms with E-state index in [0.29, 0.717) is 10.0 Å². The first-order valence-electron chi connectivity index (χ1n) is 18.8. The number of halogens is 2. The van der Waals surface area contributed by atoms with Gasteiger partial charge in [-0.25, -0.2) is 0 Å². The lowest BCUT2D eigenvalue weighted by molar-refractivity contribution is -0.119. The maximum Gasteiger partial charge on any atom is 0.162 e. The third-order valence-electron chi connectivity index (χ3n) is 8.64. The summed E-state index contributed by atoms with van der Waals surface area (Å²) in [6.45, 7) is 18.0. The minimum absolute atomic E-state index is 0.0194.